The Morgan fingerprint density at radius 2 is 1.55 bits per heavy atom. The molecule has 6 heteroatoms. The molecule has 0 aliphatic rings. The fourth-order valence-corrected chi connectivity index (χ4v) is 3.44. The highest BCUT2D eigenvalue weighted by Gasteiger charge is 2.17. The molecule has 0 saturated heterocycles. The standard InChI is InChI=1S/C23H21FN2O3/c1-27-19-12-16(13-20(28-2)22(19)29-3)23-25-18-10-6-8-15(21(18)26-23)11-14-7-4-5-9-17(14)24/h4-10,12-13H,11H2,1-3H3,(H,25,26). The van der Waals surface area contributed by atoms with Gasteiger partial charge in [0.1, 0.15) is 11.6 Å². The summed E-state index contributed by atoms with van der Waals surface area (Å²) < 4.78 is 30.4. The number of aromatic amines is 1. The molecule has 4 aromatic rings. The minimum Gasteiger partial charge on any atom is -0.493 e. The lowest BCUT2D eigenvalue weighted by Crippen LogP contribution is -1.96. The Labute approximate surface area is 168 Å². The molecule has 0 aliphatic carbocycles. The Morgan fingerprint density at radius 1 is 0.862 bits per heavy atom. The molecule has 0 unspecified atom stereocenters. The number of fused-ring (bicyclic) bond motifs is 1. The van der Waals surface area contributed by atoms with Gasteiger partial charge in [-0.3, -0.25) is 0 Å². The minimum atomic E-state index is -0.218. The highest BCUT2D eigenvalue weighted by atomic mass is 19.1. The summed E-state index contributed by atoms with van der Waals surface area (Å²) in [5.74, 6) is 2.07. The van der Waals surface area contributed by atoms with Gasteiger partial charge in [-0.05, 0) is 35.4 Å². The van der Waals surface area contributed by atoms with Gasteiger partial charge < -0.3 is 19.2 Å². The number of aromatic nitrogens is 2. The van der Waals surface area contributed by atoms with Crippen LogP contribution in [-0.2, 0) is 6.42 Å². The van der Waals surface area contributed by atoms with E-state index in [4.69, 9.17) is 19.2 Å². The molecule has 1 aromatic heterocycles. The lowest BCUT2D eigenvalue weighted by molar-refractivity contribution is 0.324. The third-order valence-electron chi connectivity index (χ3n) is 4.87. The van der Waals surface area contributed by atoms with Crippen LogP contribution in [0.25, 0.3) is 22.4 Å². The molecule has 0 spiro atoms. The lowest BCUT2D eigenvalue weighted by Gasteiger charge is -2.13. The van der Waals surface area contributed by atoms with E-state index < -0.39 is 0 Å². The van der Waals surface area contributed by atoms with Crippen LogP contribution in [0, 0.1) is 5.82 Å². The number of benzene rings is 3. The van der Waals surface area contributed by atoms with Crippen molar-refractivity contribution < 1.29 is 18.6 Å². The van der Waals surface area contributed by atoms with Crippen molar-refractivity contribution >= 4 is 11.0 Å². The number of H-pyrrole nitrogens is 1. The van der Waals surface area contributed by atoms with Crippen LogP contribution in [0.2, 0.25) is 0 Å². The van der Waals surface area contributed by atoms with Crippen molar-refractivity contribution in [3.8, 4) is 28.6 Å². The fourth-order valence-electron chi connectivity index (χ4n) is 3.44. The van der Waals surface area contributed by atoms with Crippen LogP contribution in [0.3, 0.4) is 0 Å². The van der Waals surface area contributed by atoms with Gasteiger partial charge in [-0.25, -0.2) is 9.37 Å². The summed E-state index contributed by atoms with van der Waals surface area (Å²) in [5, 5.41) is 0. The molecule has 5 nitrogen and oxygen atoms in total. The smallest absolute Gasteiger partial charge is 0.203 e. The SMILES string of the molecule is COc1cc(-c2nc3c(Cc4ccccc4F)cccc3[nH]2)cc(OC)c1OC. The molecule has 0 atom stereocenters. The van der Waals surface area contributed by atoms with Crippen LogP contribution >= 0.6 is 0 Å². The average Bonchev–Trinajstić information content (AvgIpc) is 3.19. The first kappa shape index (κ1) is 18.8. The Bertz CT molecular complexity index is 1140. The largest absolute Gasteiger partial charge is 0.493 e. The van der Waals surface area contributed by atoms with Gasteiger partial charge in [-0.2, -0.15) is 0 Å². The molecule has 0 bridgehead atoms. The van der Waals surface area contributed by atoms with Crippen LogP contribution < -0.4 is 14.2 Å². The van der Waals surface area contributed by atoms with E-state index in [2.05, 4.69) is 4.98 Å². The molecule has 1 N–H and O–H groups in total. The van der Waals surface area contributed by atoms with Crippen LogP contribution in [0.1, 0.15) is 11.1 Å². The summed E-state index contributed by atoms with van der Waals surface area (Å²) in [4.78, 5) is 8.12. The highest BCUT2D eigenvalue weighted by Crippen LogP contribution is 2.41. The summed E-state index contributed by atoms with van der Waals surface area (Å²) in [6.07, 6.45) is 0.462. The first-order chi connectivity index (χ1) is 14.1. The van der Waals surface area contributed by atoms with Crippen molar-refractivity contribution in [1.29, 1.82) is 0 Å². The number of rotatable bonds is 6. The summed E-state index contributed by atoms with van der Waals surface area (Å²) in [6.45, 7) is 0. The zero-order valence-corrected chi connectivity index (χ0v) is 16.5. The normalized spacial score (nSPS) is 10.9. The molecule has 0 aliphatic heterocycles. The Hall–Kier alpha value is -3.54. The van der Waals surface area contributed by atoms with Gasteiger partial charge in [-0.1, -0.05) is 30.3 Å². The maximum atomic E-state index is 14.1. The first-order valence-corrected chi connectivity index (χ1v) is 9.16. The van der Waals surface area contributed by atoms with Gasteiger partial charge in [0.05, 0.1) is 32.4 Å². The Morgan fingerprint density at radius 3 is 2.21 bits per heavy atom. The second-order valence-corrected chi connectivity index (χ2v) is 6.58. The van der Waals surface area contributed by atoms with Gasteiger partial charge in [-0.15, -0.1) is 0 Å². The molecule has 3 aromatic carbocycles. The van der Waals surface area contributed by atoms with Crippen LogP contribution in [-0.4, -0.2) is 31.3 Å². The van der Waals surface area contributed by atoms with Crippen molar-refractivity contribution in [3.05, 3.63) is 71.5 Å². The van der Waals surface area contributed by atoms with Crippen molar-refractivity contribution in [2.45, 2.75) is 6.42 Å². The number of hydrogen-bond acceptors (Lipinski definition) is 4. The van der Waals surface area contributed by atoms with Gasteiger partial charge in [0.25, 0.3) is 0 Å². The second-order valence-electron chi connectivity index (χ2n) is 6.58. The van der Waals surface area contributed by atoms with E-state index >= 15 is 0 Å². The maximum Gasteiger partial charge on any atom is 0.203 e. The molecule has 1 heterocycles. The molecule has 0 fully saturated rings. The molecule has 0 amide bonds. The summed E-state index contributed by atoms with van der Waals surface area (Å²) in [5.41, 5.74) is 4.06. The monoisotopic (exact) mass is 392 g/mol. The van der Waals surface area contributed by atoms with Gasteiger partial charge in [0, 0.05) is 12.0 Å². The van der Waals surface area contributed by atoms with Gasteiger partial charge >= 0.3 is 0 Å². The highest BCUT2D eigenvalue weighted by molar-refractivity contribution is 5.83. The molecule has 0 saturated carbocycles. The van der Waals surface area contributed by atoms with Crippen LogP contribution in [0.15, 0.2) is 54.6 Å². The third-order valence-corrected chi connectivity index (χ3v) is 4.87. The topological polar surface area (TPSA) is 56.4 Å². The van der Waals surface area contributed by atoms with Crippen molar-refractivity contribution in [2.24, 2.45) is 0 Å². The zero-order chi connectivity index (χ0) is 20.4. The number of hydrogen-bond donors (Lipinski definition) is 1. The molecular weight excluding hydrogens is 371 g/mol. The number of methoxy groups -OCH3 is 3. The van der Waals surface area contributed by atoms with E-state index in [1.165, 1.54) is 6.07 Å². The first-order valence-electron chi connectivity index (χ1n) is 9.16. The van der Waals surface area contributed by atoms with E-state index in [9.17, 15) is 4.39 Å². The number of ether oxygens (including phenoxy) is 3. The van der Waals surface area contributed by atoms with Gasteiger partial charge in [0.15, 0.2) is 11.5 Å². The van der Waals surface area contributed by atoms with E-state index in [-0.39, 0.29) is 5.82 Å². The number of imidazole rings is 1. The Kier molecular flexibility index (Phi) is 5.08. The molecule has 148 valence electrons. The molecule has 4 rings (SSSR count). The van der Waals surface area contributed by atoms with Crippen molar-refractivity contribution in [2.75, 3.05) is 21.3 Å². The van der Waals surface area contributed by atoms with Gasteiger partial charge in [0.2, 0.25) is 5.75 Å². The van der Waals surface area contributed by atoms with Crippen LogP contribution in [0.5, 0.6) is 17.2 Å². The lowest BCUT2D eigenvalue weighted by atomic mass is 10.0. The van der Waals surface area contributed by atoms with E-state index in [0.29, 0.717) is 35.1 Å². The molecular formula is C23H21FN2O3. The minimum absolute atomic E-state index is 0.218. The number of nitrogens with one attached hydrogen (secondary N) is 1. The summed E-state index contributed by atoms with van der Waals surface area (Å²) in [6, 6.07) is 16.3. The third kappa shape index (κ3) is 3.49. The Balaban J connectivity index is 1.80. The van der Waals surface area contributed by atoms with E-state index in [0.717, 1.165) is 22.2 Å². The molecule has 29 heavy (non-hydrogen) atoms. The van der Waals surface area contributed by atoms with E-state index in [1.54, 1.807) is 33.5 Å². The quantitative estimate of drug-likeness (QED) is 0.502. The predicted octanol–water partition coefficient (Wildman–Crippen LogP) is 4.99. The second kappa shape index (κ2) is 7.83. The molecule has 0 radical (unpaired) electrons. The number of nitrogens with zero attached hydrogens (tertiary/aromatic N) is 1. The maximum absolute atomic E-state index is 14.1. The summed E-state index contributed by atoms with van der Waals surface area (Å²) >= 11 is 0. The zero-order valence-electron chi connectivity index (χ0n) is 16.5. The van der Waals surface area contributed by atoms with Crippen LogP contribution in [0.4, 0.5) is 4.39 Å². The summed E-state index contributed by atoms with van der Waals surface area (Å²) in [7, 11) is 4.72. The van der Waals surface area contributed by atoms with E-state index in [1.807, 2.05) is 36.4 Å². The van der Waals surface area contributed by atoms with Crippen molar-refractivity contribution in [3.63, 3.8) is 0 Å². The number of halogens is 1. The predicted molar refractivity (Wildman–Crippen MR) is 110 cm³/mol. The van der Waals surface area contributed by atoms with Crippen molar-refractivity contribution in [1.82, 2.24) is 9.97 Å². The fraction of sp³-hybridized carbons (Fsp3) is 0.174. The average molecular weight is 392 g/mol. The number of para-hydroxylation sites is 1.